The van der Waals surface area contributed by atoms with Crippen molar-refractivity contribution in [1.82, 2.24) is 5.32 Å². The summed E-state index contributed by atoms with van der Waals surface area (Å²) < 4.78 is 6.43. The average molecular weight is 508 g/mol. The fraction of sp³-hybridized carbons (Fsp3) is 0.727. The van der Waals surface area contributed by atoms with Gasteiger partial charge in [0.05, 0.1) is 12.2 Å². The summed E-state index contributed by atoms with van der Waals surface area (Å²) in [5.74, 6) is 3.83. The zero-order chi connectivity index (χ0) is 26.2. The van der Waals surface area contributed by atoms with Gasteiger partial charge in [-0.25, -0.2) is 0 Å². The van der Waals surface area contributed by atoms with Crippen molar-refractivity contribution in [2.24, 2.45) is 29.1 Å². The van der Waals surface area contributed by atoms with Crippen molar-refractivity contribution in [3.63, 3.8) is 0 Å². The molecule has 5 rings (SSSR count). The Kier molecular flexibility index (Phi) is 7.90. The summed E-state index contributed by atoms with van der Waals surface area (Å²) in [6.45, 7) is 9.42. The molecule has 2 N–H and O–H groups in total. The highest BCUT2D eigenvalue weighted by atomic mass is 16.5. The van der Waals surface area contributed by atoms with E-state index in [2.05, 4.69) is 57.3 Å². The second-order valence-corrected chi connectivity index (χ2v) is 13.1. The standard InChI is InChI=1S/C33H49NO3/c1-5-7-31(34-22(2)3)24-8-6-9-26(21-24)37-19-18-33-17-14-28-27-13-11-25(35)20-23(27)10-12-29(28)30(33)15-16-32(33,4)36/h6,8-9,20-22,27-31,34,36H,5,7,10-19H2,1-4H3/t27?,28?,29?,30?,31?,32-,33+/m0/s1. The van der Waals surface area contributed by atoms with Crippen LogP contribution in [-0.4, -0.2) is 29.1 Å². The van der Waals surface area contributed by atoms with Gasteiger partial charge in [-0.3, -0.25) is 4.79 Å². The lowest BCUT2D eigenvalue weighted by molar-refractivity contribution is -0.128. The molecule has 4 aliphatic rings. The fourth-order valence-electron chi connectivity index (χ4n) is 9.03. The third-order valence-corrected chi connectivity index (χ3v) is 10.7. The lowest BCUT2D eigenvalue weighted by Crippen LogP contribution is -2.53. The van der Waals surface area contributed by atoms with Crippen molar-refractivity contribution < 1.29 is 14.6 Å². The molecule has 0 amide bonds. The summed E-state index contributed by atoms with van der Waals surface area (Å²) in [7, 11) is 0. The molecular weight excluding hydrogens is 458 g/mol. The van der Waals surface area contributed by atoms with E-state index < -0.39 is 5.60 Å². The third-order valence-electron chi connectivity index (χ3n) is 10.7. The SMILES string of the molecule is CCCC(NC(C)C)c1cccc(OCC[C@]23CCC4C5CCC(=O)C=C5CCC4C2CC[C@]3(C)O)c1. The smallest absolute Gasteiger partial charge is 0.155 e. The first-order valence-corrected chi connectivity index (χ1v) is 15.2. The maximum Gasteiger partial charge on any atom is 0.155 e. The number of rotatable bonds is 9. The number of benzene rings is 1. The Hall–Kier alpha value is -1.65. The van der Waals surface area contributed by atoms with Crippen LogP contribution in [0, 0.1) is 29.1 Å². The predicted octanol–water partition coefficient (Wildman–Crippen LogP) is 7.17. The van der Waals surface area contributed by atoms with Crippen molar-refractivity contribution in [3.8, 4) is 5.75 Å². The summed E-state index contributed by atoms with van der Waals surface area (Å²) in [6, 6.07) is 9.42. The second-order valence-electron chi connectivity index (χ2n) is 13.1. The van der Waals surface area contributed by atoms with Gasteiger partial charge in [-0.2, -0.15) is 0 Å². The van der Waals surface area contributed by atoms with Crippen molar-refractivity contribution >= 4 is 5.78 Å². The molecule has 1 aromatic rings. The van der Waals surface area contributed by atoms with Gasteiger partial charge in [0.15, 0.2) is 5.78 Å². The maximum atomic E-state index is 12.0. The van der Waals surface area contributed by atoms with Crippen LogP contribution in [0.15, 0.2) is 35.9 Å². The molecule has 3 fully saturated rings. The van der Waals surface area contributed by atoms with E-state index in [4.69, 9.17) is 4.74 Å². The first kappa shape index (κ1) is 26.9. The molecule has 0 radical (unpaired) electrons. The topological polar surface area (TPSA) is 58.6 Å². The molecule has 0 bridgehead atoms. The molecule has 0 aromatic heterocycles. The predicted molar refractivity (Wildman–Crippen MR) is 150 cm³/mol. The molecule has 0 aliphatic heterocycles. The molecule has 1 aromatic carbocycles. The van der Waals surface area contributed by atoms with E-state index in [0.29, 0.717) is 48.1 Å². The number of allylic oxidation sites excluding steroid dienone is 1. The van der Waals surface area contributed by atoms with E-state index in [1.54, 1.807) is 0 Å². The summed E-state index contributed by atoms with van der Waals surface area (Å²) in [5.41, 5.74) is 2.06. The number of fused-ring (bicyclic) bond motifs is 5. The van der Waals surface area contributed by atoms with Crippen LogP contribution in [0.3, 0.4) is 0 Å². The zero-order valence-electron chi connectivity index (χ0n) is 23.6. The Bertz CT molecular complexity index is 997. The highest BCUT2D eigenvalue weighted by molar-refractivity contribution is 5.91. The van der Waals surface area contributed by atoms with Crippen molar-refractivity contribution in [3.05, 3.63) is 41.5 Å². The van der Waals surface area contributed by atoms with Gasteiger partial charge in [0.2, 0.25) is 0 Å². The van der Waals surface area contributed by atoms with E-state index in [0.717, 1.165) is 63.5 Å². The largest absolute Gasteiger partial charge is 0.494 e. The van der Waals surface area contributed by atoms with Crippen LogP contribution in [-0.2, 0) is 4.79 Å². The summed E-state index contributed by atoms with van der Waals surface area (Å²) in [6.07, 6.45) is 13.5. The van der Waals surface area contributed by atoms with Crippen molar-refractivity contribution in [1.29, 1.82) is 0 Å². The lowest BCUT2D eigenvalue weighted by atomic mass is 9.49. The molecule has 204 valence electrons. The number of carbonyl (C=O) groups is 1. The highest BCUT2D eigenvalue weighted by Gasteiger charge is 2.62. The number of ketones is 1. The van der Waals surface area contributed by atoms with Crippen LogP contribution < -0.4 is 10.1 Å². The number of hydrogen-bond acceptors (Lipinski definition) is 4. The average Bonchev–Trinajstić information content (AvgIpc) is 3.14. The first-order valence-electron chi connectivity index (χ1n) is 15.2. The minimum Gasteiger partial charge on any atom is -0.494 e. The zero-order valence-corrected chi connectivity index (χ0v) is 23.6. The van der Waals surface area contributed by atoms with Crippen LogP contribution in [0.1, 0.15) is 110 Å². The molecule has 5 unspecified atom stereocenters. The second kappa shape index (κ2) is 10.8. The van der Waals surface area contributed by atoms with E-state index in [-0.39, 0.29) is 5.41 Å². The summed E-state index contributed by atoms with van der Waals surface area (Å²) in [4.78, 5) is 12.0. The minimum absolute atomic E-state index is 0.0541. The molecule has 4 aliphatic carbocycles. The minimum atomic E-state index is -0.625. The molecule has 0 heterocycles. The molecule has 3 saturated carbocycles. The first-order chi connectivity index (χ1) is 17.7. The number of ether oxygens (including phenoxy) is 1. The van der Waals surface area contributed by atoms with Crippen molar-refractivity contribution in [2.75, 3.05) is 6.61 Å². The Morgan fingerprint density at radius 3 is 2.73 bits per heavy atom. The maximum absolute atomic E-state index is 12.0. The van der Waals surface area contributed by atoms with Crippen LogP contribution in [0.25, 0.3) is 0 Å². The molecule has 7 atom stereocenters. The van der Waals surface area contributed by atoms with Gasteiger partial charge >= 0.3 is 0 Å². The number of carbonyl (C=O) groups excluding carboxylic acids is 1. The number of aliphatic hydroxyl groups is 1. The Morgan fingerprint density at radius 2 is 1.95 bits per heavy atom. The molecule has 37 heavy (non-hydrogen) atoms. The van der Waals surface area contributed by atoms with Crippen LogP contribution in [0.2, 0.25) is 0 Å². The van der Waals surface area contributed by atoms with E-state index in [1.807, 2.05) is 6.08 Å². The third kappa shape index (κ3) is 5.17. The lowest BCUT2D eigenvalue weighted by Gasteiger charge is -2.56. The van der Waals surface area contributed by atoms with E-state index in [1.165, 1.54) is 24.0 Å². The molecular formula is C33H49NO3. The van der Waals surface area contributed by atoms with Gasteiger partial charge in [0.1, 0.15) is 5.75 Å². The van der Waals surface area contributed by atoms with Gasteiger partial charge < -0.3 is 15.2 Å². The highest BCUT2D eigenvalue weighted by Crippen LogP contribution is 2.66. The van der Waals surface area contributed by atoms with E-state index >= 15 is 0 Å². The van der Waals surface area contributed by atoms with Crippen molar-refractivity contribution in [2.45, 2.75) is 116 Å². The van der Waals surface area contributed by atoms with Gasteiger partial charge in [0, 0.05) is 23.9 Å². The number of hydrogen-bond donors (Lipinski definition) is 2. The van der Waals surface area contributed by atoms with Crippen LogP contribution >= 0.6 is 0 Å². The molecule has 4 heteroatoms. The fourth-order valence-corrected chi connectivity index (χ4v) is 9.03. The quantitative estimate of drug-likeness (QED) is 0.372. The summed E-state index contributed by atoms with van der Waals surface area (Å²) in [5, 5.41) is 15.4. The molecule has 0 saturated heterocycles. The van der Waals surface area contributed by atoms with Crippen LogP contribution in [0.5, 0.6) is 5.75 Å². The Morgan fingerprint density at radius 1 is 1.11 bits per heavy atom. The Labute approximate surface area is 224 Å². The van der Waals surface area contributed by atoms with Gasteiger partial charge in [-0.05, 0) is 112 Å². The van der Waals surface area contributed by atoms with Crippen LogP contribution in [0.4, 0.5) is 0 Å². The van der Waals surface area contributed by atoms with Gasteiger partial charge in [0.25, 0.3) is 0 Å². The normalized spacial score (nSPS) is 35.9. The Balaban J connectivity index is 1.29. The monoisotopic (exact) mass is 507 g/mol. The van der Waals surface area contributed by atoms with Gasteiger partial charge in [-0.15, -0.1) is 0 Å². The number of nitrogens with one attached hydrogen (secondary N) is 1. The summed E-state index contributed by atoms with van der Waals surface area (Å²) >= 11 is 0. The van der Waals surface area contributed by atoms with Gasteiger partial charge in [-0.1, -0.05) is 44.9 Å². The molecule has 4 nitrogen and oxygen atoms in total. The molecule has 0 spiro atoms. The van der Waals surface area contributed by atoms with E-state index in [9.17, 15) is 9.90 Å².